The van der Waals surface area contributed by atoms with Gasteiger partial charge in [0.1, 0.15) is 0 Å². The number of carbonyl (C=O) groups excluding carboxylic acids is 1. The fraction of sp³-hybridized carbons (Fsp3) is 0.417. The second-order valence-electron chi connectivity index (χ2n) is 4.40. The number of anilines is 1. The van der Waals surface area contributed by atoms with Gasteiger partial charge < -0.3 is 16.0 Å². The first kappa shape index (κ1) is 13.5. The van der Waals surface area contributed by atoms with Crippen molar-refractivity contribution in [3.05, 3.63) is 28.2 Å². The summed E-state index contributed by atoms with van der Waals surface area (Å²) >= 11 is 11.9. The summed E-state index contributed by atoms with van der Waals surface area (Å²) in [5, 5.41) is 3.76. The van der Waals surface area contributed by atoms with E-state index in [-0.39, 0.29) is 12.1 Å². The third-order valence-electron chi connectivity index (χ3n) is 2.92. The first-order valence-electron chi connectivity index (χ1n) is 5.83. The highest BCUT2D eigenvalue weighted by atomic mass is 35.5. The lowest BCUT2D eigenvalue weighted by molar-refractivity contribution is 0.193. The highest BCUT2D eigenvalue weighted by Gasteiger charge is 2.21. The standard InChI is InChI=1S/C12H15Cl2N3O/c13-8-3-4-10(14)11(6-8)16-12(18)17-5-1-2-9(15)7-17/h3-4,6,9H,1-2,5,7,15H2,(H,16,18). The van der Waals surface area contributed by atoms with Crippen molar-refractivity contribution in [2.45, 2.75) is 18.9 Å². The Bertz CT molecular complexity index is 453. The van der Waals surface area contributed by atoms with E-state index in [0.717, 1.165) is 19.4 Å². The summed E-state index contributed by atoms with van der Waals surface area (Å²) in [4.78, 5) is 13.7. The van der Waals surface area contributed by atoms with E-state index in [1.54, 1.807) is 23.1 Å². The summed E-state index contributed by atoms with van der Waals surface area (Å²) in [7, 11) is 0. The third kappa shape index (κ3) is 3.28. The maximum Gasteiger partial charge on any atom is 0.321 e. The summed E-state index contributed by atoms with van der Waals surface area (Å²) in [5.41, 5.74) is 6.36. The second-order valence-corrected chi connectivity index (χ2v) is 5.25. The summed E-state index contributed by atoms with van der Waals surface area (Å²) in [6.07, 6.45) is 1.89. The van der Waals surface area contributed by atoms with E-state index in [9.17, 15) is 4.79 Å². The lowest BCUT2D eigenvalue weighted by atomic mass is 10.1. The number of amides is 2. The van der Waals surface area contributed by atoms with Crippen molar-refractivity contribution in [3.63, 3.8) is 0 Å². The van der Waals surface area contributed by atoms with Crippen LogP contribution in [0, 0.1) is 0 Å². The van der Waals surface area contributed by atoms with Crippen molar-refractivity contribution in [1.82, 2.24) is 4.90 Å². The molecule has 1 fully saturated rings. The minimum Gasteiger partial charge on any atom is -0.326 e. The van der Waals surface area contributed by atoms with E-state index in [0.29, 0.717) is 22.3 Å². The van der Waals surface area contributed by atoms with Crippen LogP contribution in [0.25, 0.3) is 0 Å². The average Bonchev–Trinajstić information content (AvgIpc) is 2.34. The van der Waals surface area contributed by atoms with Gasteiger partial charge in [0.2, 0.25) is 0 Å². The summed E-state index contributed by atoms with van der Waals surface area (Å²) in [6, 6.07) is 4.83. The van der Waals surface area contributed by atoms with Crippen LogP contribution in [0.15, 0.2) is 18.2 Å². The van der Waals surface area contributed by atoms with Crippen LogP contribution in [0.1, 0.15) is 12.8 Å². The molecule has 1 aromatic rings. The van der Waals surface area contributed by atoms with Gasteiger partial charge in [-0.1, -0.05) is 23.2 Å². The van der Waals surface area contributed by atoms with Gasteiger partial charge in [-0.2, -0.15) is 0 Å². The van der Waals surface area contributed by atoms with E-state index >= 15 is 0 Å². The fourth-order valence-corrected chi connectivity index (χ4v) is 2.32. The number of nitrogens with one attached hydrogen (secondary N) is 1. The molecule has 1 aliphatic heterocycles. The Morgan fingerprint density at radius 3 is 2.94 bits per heavy atom. The Morgan fingerprint density at radius 1 is 1.44 bits per heavy atom. The van der Waals surface area contributed by atoms with Crippen molar-refractivity contribution >= 4 is 34.9 Å². The van der Waals surface area contributed by atoms with Crippen molar-refractivity contribution in [3.8, 4) is 0 Å². The molecule has 98 valence electrons. The highest BCUT2D eigenvalue weighted by molar-refractivity contribution is 6.35. The Kier molecular flexibility index (Phi) is 4.32. The molecular formula is C12H15Cl2N3O. The van der Waals surface area contributed by atoms with Crippen molar-refractivity contribution in [1.29, 1.82) is 0 Å². The molecule has 1 saturated heterocycles. The van der Waals surface area contributed by atoms with E-state index in [2.05, 4.69) is 5.32 Å². The average molecular weight is 288 g/mol. The largest absolute Gasteiger partial charge is 0.326 e. The number of urea groups is 1. The van der Waals surface area contributed by atoms with Crippen LogP contribution in [-0.2, 0) is 0 Å². The minimum atomic E-state index is -0.186. The number of halogens is 2. The quantitative estimate of drug-likeness (QED) is 0.834. The zero-order valence-corrected chi connectivity index (χ0v) is 11.3. The number of hydrogen-bond acceptors (Lipinski definition) is 2. The van der Waals surface area contributed by atoms with E-state index in [1.165, 1.54) is 0 Å². The van der Waals surface area contributed by atoms with Gasteiger partial charge in [0.05, 0.1) is 10.7 Å². The van der Waals surface area contributed by atoms with Crippen molar-refractivity contribution in [2.75, 3.05) is 18.4 Å². The van der Waals surface area contributed by atoms with Gasteiger partial charge in [-0.3, -0.25) is 0 Å². The zero-order chi connectivity index (χ0) is 13.1. The molecule has 1 unspecified atom stereocenters. The summed E-state index contributed by atoms with van der Waals surface area (Å²) < 4.78 is 0. The van der Waals surface area contributed by atoms with Gasteiger partial charge in [0.25, 0.3) is 0 Å². The SMILES string of the molecule is NC1CCCN(C(=O)Nc2cc(Cl)ccc2Cl)C1. The maximum absolute atomic E-state index is 12.0. The number of carbonyl (C=O) groups is 1. The molecule has 1 heterocycles. The number of nitrogens with zero attached hydrogens (tertiary/aromatic N) is 1. The molecule has 0 spiro atoms. The molecular weight excluding hydrogens is 273 g/mol. The highest BCUT2D eigenvalue weighted by Crippen LogP contribution is 2.25. The van der Waals surface area contributed by atoms with Crippen LogP contribution in [0.4, 0.5) is 10.5 Å². The van der Waals surface area contributed by atoms with Crippen LogP contribution in [0.2, 0.25) is 10.0 Å². The predicted molar refractivity (Wildman–Crippen MR) is 74.3 cm³/mol. The number of nitrogens with two attached hydrogens (primary N) is 1. The third-order valence-corrected chi connectivity index (χ3v) is 3.48. The van der Waals surface area contributed by atoms with Crippen LogP contribution in [0.5, 0.6) is 0 Å². The van der Waals surface area contributed by atoms with Crippen molar-refractivity contribution < 1.29 is 4.79 Å². The summed E-state index contributed by atoms with van der Waals surface area (Å²) in [6.45, 7) is 1.29. The number of rotatable bonds is 1. The van der Waals surface area contributed by atoms with Crippen LogP contribution in [0.3, 0.4) is 0 Å². The van der Waals surface area contributed by atoms with E-state index in [1.807, 2.05) is 0 Å². The number of hydrogen-bond donors (Lipinski definition) is 2. The Hall–Kier alpha value is -0.970. The molecule has 3 N–H and O–H groups in total. The molecule has 0 radical (unpaired) electrons. The van der Waals surface area contributed by atoms with Gasteiger partial charge in [-0.15, -0.1) is 0 Å². The lowest BCUT2D eigenvalue weighted by Crippen LogP contribution is -2.47. The van der Waals surface area contributed by atoms with Crippen LogP contribution < -0.4 is 11.1 Å². The smallest absolute Gasteiger partial charge is 0.321 e. The topological polar surface area (TPSA) is 58.4 Å². The first-order valence-corrected chi connectivity index (χ1v) is 6.58. The number of piperidine rings is 1. The molecule has 2 rings (SSSR count). The molecule has 0 bridgehead atoms. The minimum absolute atomic E-state index is 0.0549. The molecule has 18 heavy (non-hydrogen) atoms. The fourth-order valence-electron chi connectivity index (χ4n) is 1.98. The molecule has 0 aromatic heterocycles. The Morgan fingerprint density at radius 2 is 2.22 bits per heavy atom. The van der Waals surface area contributed by atoms with Crippen molar-refractivity contribution in [2.24, 2.45) is 5.73 Å². The van der Waals surface area contributed by atoms with Crippen LogP contribution in [-0.4, -0.2) is 30.1 Å². The maximum atomic E-state index is 12.0. The zero-order valence-electron chi connectivity index (χ0n) is 9.83. The van der Waals surface area contributed by atoms with Gasteiger partial charge in [0, 0.05) is 24.2 Å². The Labute approximate surface area is 116 Å². The molecule has 1 atom stereocenters. The summed E-state index contributed by atoms with van der Waals surface area (Å²) in [5.74, 6) is 0. The Balaban J connectivity index is 2.04. The van der Waals surface area contributed by atoms with E-state index in [4.69, 9.17) is 28.9 Å². The molecule has 1 aromatic carbocycles. The molecule has 1 aliphatic rings. The number of benzene rings is 1. The van der Waals surface area contributed by atoms with E-state index < -0.39 is 0 Å². The van der Waals surface area contributed by atoms with Gasteiger partial charge in [0.15, 0.2) is 0 Å². The molecule has 0 saturated carbocycles. The second kappa shape index (κ2) is 5.78. The molecule has 6 heteroatoms. The monoisotopic (exact) mass is 287 g/mol. The normalized spacial score (nSPS) is 19.7. The predicted octanol–water partition coefficient (Wildman–Crippen LogP) is 2.95. The van der Waals surface area contributed by atoms with Gasteiger partial charge in [-0.25, -0.2) is 4.79 Å². The molecule has 2 amide bonds. The molecule has 4 nitrogen and oxygen atoms in total. The van der Waals surface area contributed by atoms with Crippen LogP contribution >= 0.6 is 23.2 Å². The molecule has 0 aliphatic carbocycles. The van der Waals surface area contributed by atoms with Gasteiger partial charge in [-0.05, 0) is 31.0 Å². The number of likely N-dealkylation sites (tertiary alicyclic amines) is 1. The van der Waals surface area contributed by atoms with Gasteiger partial charge >= 0.3 is 6.03 Å². The lowest BCUT2D eigenvalue weighted by Gasteiger charge is -2.30. The first-order chi connectivity index (χ1) is 8.56.